The monoisotopic (exact) mass is 350 g/mol. The van der Waals surface area contributed by atoms with Crippen LogP contribution in [0.1, 0.15) is 26.5 Å². The van der Waals surface area contributed by atoms with Gasteiger partial charge in [-0.15, -0.1) is 0 Å². The van der Waals surface area contributed by atoms with Crippen molar-refractivity contribution >= 4 is 23.2 Å². The van der Waals surface area contributed by atoms with Crippen LogP contribution in [0.5, 0.6) is 5.75 Å². The lowest BCUT2D eigenvalue weighted by Crippen LogP contribution is -2.14. The normalized spacial score (nSPS) is 10.2. The number of furan rings is 1. The first-order valence-corrected chi connectivity index (χ1v) is 7.98. The van der Waals surface area contributed by atoms with Crippen LogP contribution in [0.3, 0.4) is 0 Å². The Morgan fingerprint density at radius 3 is 2.50 bits per heavy atom. The van der Waals surface area contributed by atoms with E-state index in [1.807, 2.05) is 19.1 Å². The third kappa shape index (κ3) is 3.92. The van der Waals surface area contributed by atoms with Crippen LogP contribution in [0, 0.1) is 6.92 Å². The summed E-state index contributed by atoms with van der Waals surface area (Å²) in [4.78, 5) is 24.6. The molecule has 0 radical (unpaired) electrons. The number of hydrogen-bond donors (Lipinski definition) is 2. The minimum Gasteiger partial charge on any atom is -0.495 e. The molecule has 0 atom stereocenters. The van der Waals surface area contributed by atoms with Gasteiger partial charge in [0.25, 0.3) is 11.8 Å². The maximum Gasteiger partial charge on any atom is 0.291 e. The largest absolute Gasteiger partial charge is 0.495 e. The molecule has 0 aliphatic heterocycles. The fraction of sp³-hybridized carbons (Fsp3) is 0.100. The van der Waals surface area contributed by atoms with E-state index < -0.39 is 0 Å². The highest BCUT2D eigenvalue weighted by Gasteiger charge is 2.13. The van der Waals surface area contributed by atoms with Gasteiger partial charge in [0, 0.05) is 11.3 Å². The number of anilines is 2. The molecule has 0 spiro atoms. The lowest BCUT2D eigenvalue weighted by molar-refractivity contribution is 0.0995. The molecular weight excluding hydrogens is 332 g/mol. The van der Waals surface area contributed by atoms with E-state index in [-0.39, 0.29) is 17.6 Å². The Bertz CT molecular complexity index is 933. The van der Waals surface area contributed by atoms with Crippen molar-refractivity contribution in [1.82, 2.24) is 0 Å². The summed E-state index contributed by atoms with van der Waals surface area (Å²) in [5.74, 6) is 0.0470. The van der Waals surface area contributed by atoms with E-state index in [0.717, 1.165) is 5.56 Å². The molecule has 0 saturated heterocycles. The average molecular weight is 350 g/mol. The van der Waals surface area contributed by atoms with Gasteiger partial charge in [0.05, 0.1) is 19.1 Å². The molecule has 3 rings (SSSR count). The topological polar surface area (TPSA) is 80.6 Å². The average Bonchev–Trinajstić information content (AvgIpc) is 3.17. The number of carbonyl (C=O) groups is 2. The van der Waals surface area contributed by atoms with Crippen LogP contribution in [0.2, 0.25) is 0 Å². The summed E-state index contributed by atoms with van der Waals surface area (Å²) < 4.78 is 10.4. The van der Waals surface area contributed by atoms with Gasteiger partial charge in [-0.2, -0.15) is 0 Å². The highest BCUT2D eigenvalue weighted by atomic mass is 16.5. The summed E-state index contributed by atoms with van der Waals surface area (Å²) in [6, 6.07) is 15.5. The van der Waals surface area contributed by atoms with Crippen molar-refractivity contribution in [3.8, 4) is 5.75 Å². The van der Waals surface area contributed by atoms with E-state index >= 15 is 0 Å². The van der Waals surface area contributed by atoms with E-state index in [1.54, 1.807) is 42.5 Å². The van der Waals surface area contributed by atoms with Crippen molar-refractivity contribution < 1.29 is 18.7 Å². The van der Waals surface area contributed by atoms with Crippen molar-refractivity contribution in [2.24, 2.45) is 0 Å². The number of amides is 2. The second-order valence-corrected chi connectivity index (χ2v) is 5.67. The van der Waals surface area contributed by atoms with E-state index in [4.69, 9.17) is 9.15 Å². The molecule has 2 aromatic carbocycles. The molecule has 0 saturated carbocycles. The highest BCUT2D eigenvalue weighted by molar-refractivity contribution is 6.06. The fourth-order valence-electron chi connectivity index (χ4n) is 2.46. The Hall–Kier alpha value is -3.54. The summed E-state index contributed by atoms with van der Waals surface area (Å²) in [5.41, 5.74) is 2.49. The first-order valence-electron chi connectivity index (χ1n) is 7.98. The minimum atomic E-state index is -0.379. The van der Waals surface area contributed by atoms with Crippen LogP contribution < -0.4 is 15.4 Å². The van der Waals surface area contributed by atoms with Gasteiger partial charge in [-0.25, -0.2) is 0 Å². The summed E-state index contributed by atoms with van der Waals surface area (Å²) in [6.45, 7) is 1.92. The molecule has 0 fully saturated rings. The van der Waals surface area contributed by atoms with Crippen molar-refractivity contribution in [1.29, 1.82) is 0 Å². The molecule has 0 aliphatic rings. The Kier molecular flexibility index (Phi) is 5.03. The predicted molar refractivity (Wildman–Crippen MR) is 98.8 cm³/mol. The van der Waals surface area contributed by atoms with E-state index in [0.29, 0.717) is 22.7 Å². The molecule has 26 heavy (non-hydrogen) atoms. The lowest BCUT2D eigenvalue weighted by atomic mass is 10.1. The highest BCUT2D eigenvalue weighted by Crippen LogP contribution is 2.28. The molecule has 2 amide bonds. The standard InChI is InChI=1S/C20H18N2O4/c1-13-5-3-6-14(11-13)19(23)22-16-12-15(8-9-17(16)25-2)21-20(24)18-7-4-10-26-18/h3-12H,1-2H3,(H,21,24)(H,22,23). The molecule has 0 unspecified atom stereocenters. The first-order chi connectivity index (χ1) is 12.6. The molecule has 0 bridgehead atoms. The van der Waals surface area contributed by atoms with Crippen LogP contribution in [0.4, 0.5) is 11.4 Å². The number of aryl methyl sites for hydroxylation is 1. The molecular formula is C20H18N2O4. The van der Waals surface area contributed by atoms with Crippen molar-refractivity contribution in [3.63, 3.8) is 0 Å². The molecule has 2 N–H and O–H groups in total. The van der Waals surface area contributed by atoms with Crippen LogP contribution in [0.15, 0.2) is 65.3 Å². The molecule has 1 heterocycles. The van der Waals surface area contributed by atoms with Gasteiger partial charge < -0.3 is 19.8 Å². The molecule has 3 aromatic rings. The predicted octanol–water partition coefficient (Wildman–Crippen LogP) is 4.10. The number of carbonyl (C=O) groups excluding carboxylic acids is 2. The smallest absolute Gasteiger partial charge is 0.291 e. The number of rotatable bonds is 5. The summed E-state index contributed by atoms with van der Waals surface area (Å²) in [6.07, 6.45) is 1.43. The fourth-order valence-corrected chi connectivity index (χ4v) is 2.46. The zero-order valence-electron chi connectivity index (χ0n) is 14.4. The summed E-state index contributed by atoms with van der Waals surface area (Å²) in [7, 11) is 1.51. The summed E-state index contributed by atoms with van der Waals surface area (Å²) in [5, 5.41) is 5.53. The third-order valence-corrected chi connectivity index (χ3v) is 3.73. The molecule has 1 aromatic heterocycles. The van der Waals surface area contributed by atoms with Crippen LogP contribution in [0.25, 0.3) is 0 Å². The third-order valence-electron chi connectivity index (χ3n) is 3.73. The first kappa shape index (κ1) is 17.3. The van der Waals surface area contributed by atoms with Gasteiger partial charge in [0.1, 0.15) is 5.75 Å². The number of ether oxygens (including phenoxy) is 1. The lowest BCUT2D eigenvalue weighted by Gasteiger charge is -2.13. The number of benzene rings is 2. The van der Waals surface area contributed by atoms with E-state index in [9.17, 15) is 9.59 Å². The van der Waals surface area contributed by atoms with E-state index in [1.165, 1.54) is 13.4 Å². The Labute approximate surface area is 150 Å². The number of methoxy groups -OCH3 is 1. The van der Waals surface area contributed by atoms with Gasteiger partial charge in [0.15, 0.2) is 5.76 Å². The Morgan fingerprint density at radius 1 is 0.962 bits per heavy atom. The number of hydrogen-bond acceptors (Lipinski definition) is 4. The van der Waals surface area contributed by atoms with Crippen LogP contribution >= 0.6 is 0 Å². The maximum absolute atomic E-state index is 12.5. The molecule has 6 nitrogen and oxygen atoms in total. The second-order valence-electron chi connectivity index (χ2n) is 5.67. The number of nitrogens with one attached hydrogen (secondary N) is 2. The van der Waals surface area contributed by atoms with Gasteiger partial charge in [0.2, 0.25) is 0 Å². The van der Waals surface area contributed by atoms with Crippen molar-refractivity contribution in [3.05, 3.63) is 77.7 Å². The quantitative estimate of drug-likeness (QED) is 0.726. The molecule has 132 valence electrons. The Morgan fingerprint density at radius 2 is 1.81 bits per heavy atom. The van der Waals surface area contributed by atoms with Crippen LogP contribution in [-0.2, 0) is 0 Å². The second kappa shape index (κ2) is 7.57. The molecule has 0 aliphatic carbocycles. The van der Waals surface area contributed by atoms with Crippen molar-refractivity contribution in [2.75, 3.05) is 17.7 Å². The maximum atomic E-state index is 12.5. The van der Waals surface area contributed by atoms with Gasteiger partial charge in [-0.05, 0) is 49.4 Å². The molecule has 6 heteroatoms. The van der Waals surface area contributed by atoms with Crippen molar-refractivity contribution in [2.45, 2.75) is 6.92 Å². The van der Waals surface area contributed by atoms with E-state index in [2.05, 4.69) is 10.6 Å². The SMILES string of the molecule is COc1ccc(NC(=O)c2ccco2)cc1NC(=O)c1cccc(C)c1. The zero-order valence-corrected chi connectivity index (χ0v) is 14.4. The van der Waals surface area contributed by atoms with Gasteiger partial charge >= 0.3 is 0 Å². The van der Waals surface area contributed by atoms with Gasteiger partial charge in [-0.3, -0.25) is 9.59 Å². The van der Waals surface area contributed by atoms with Crippen LogP contribution in [-0.4, -0.2) is 18.9 Å². The van der Waals surface area contributed by atoms with Gasteiger partial charge in [-0.1, -0.05) is 17.7 Å². The summed E-state index contributed by atoms with van der Waals surface area (Å²) >= 11 is 0. The minimum absolute atomic E-state index is 0.200. The zero-order chi connectivity index (χ0) is 18.5. The Balaban J connectivity index is 1.81.